The van der Waals surface area contributed by atoms with Crippen molar-refractivity contribution >= 4 is 0 Å². The Hall–Kier alpha value is -1.04. The number of hydrogen-bond acceptors (Lipinski definition) is 3. The van der Waals surface area contributed by atoms with Gasteiger partial charge in [-0.1, -0.05) is 13.8 Å². The molecule has 1 aliphatic rings. The van der Waals surface area contributed by atoms with Crippen LogP contribution in [0.1, 0.15) is 19.4 Å². The summed E-state index contributed by atoms with van der Waals surface area (Å²) in [5, 5.41) is 3.39. The predicted octanol–water partition coefficient (Wildman–Crippen LogP) is 2.21. The molecule has 1 aliphatic heterocycles. The molecule has 1 fully saturated rings. The highest BCUT2D eigenvalue weighted by Gasteiger charge is 2.27. The third-order valence-electron chi connectivity index (χ3n) is 3.92. The highest BCUT2D eigenvalue weighted by atomic mass is 19.1. The smallest absolute Gasteiger partial charge is 0.126 e. The van der Waals surface area contributed by atoms with Gasteiger partial charge in [0.1, 0.15) is 11.6 Å². The van der Waals surface area contributed by atoms with Gasteiger partial charge in [-0.15, -0.1) is 0 Å². The minimum atomic E-state index is -0.528. The summed E-state index contributed by atoms with van der Waals surface area (Å²) in [6.45, 7) is 8.46. The molecule has 21 heavy (non-hydrogen) atoms. The number of morpholine rings is 1. The third kappa shape index (κ3) is 4.73. The van der Waals surface area contributed by atoms with Gasteiger partial charge in [-0.25, -0.2) is 8.78 Å². The molecule has 118 valence electrons. The predicted molar refractivity (Wildman–Crippen MR) is 79.4 cm³/mol. The summed E-state index contributed by atoms with van der Waals surface area (Å²) in [7, 11) is 0. The fourth-order valence-electron chi connectivity index (χ4n) is 2.84. The third-order valence-corrected chi connectivity index (χ3v) is 3.92. The largest absolute Gasteiger partial charge is 0.374 e. The van der Waals surface area contributed by atoms with Crippen LogP contribution in [0.3, 0.4) is 0 Å². The Morgan fingerprint density at radius 2 is 2.00 bits per heavy atom. The van der Waals surface area contributed by atoms with E-state index in [-0.39, 0.29) is 12.1 Å². The minimum Gasteiger partial charge on any atom is -0.374 e. The van der Waals surface area contributed by atoms with Crippen molar-refractivity contribution in [2.24, 2.45) is 0 Å². The summed E-state index contributed by atoms with van der Waals surface area (Å²) >= 11 is 0. The molecule has 0 amide bonds. The number of ether oxygens (including phenoxy) is 1. The van der Waals surface area contributed by atoms with Crippen LogP contribution in [0.4, 0.5) is 8.78 Å². The SMILES string of the molecule is CCNC(Cc1cc(F)cc(F)c1)C1CN(CC)CCO1. The van der Waals surface area contributed by atoms with Gasteiger partial charge in [-0.2, -0.15) is 0 Å². The molecule has 2 atom stereocenters. The van der Waals surface area contributed by atoms with E-state index in [1.807, 2.05) is 6.92 Å². The molecule has 1 heterocycles. The molecule has 0 saturated carbocycles. The molecule has 2 unspecified atom stereocenters. The van der Waals surface area contributed by atoms with Gasteiger partial charge in [0.2, 0.25) is 0 Å². The number of nitrogens with one attached hydrogen (secondary N) is 1. The van der Waals surface area contributed by atoms with Crippen LogP contribution >= 0.6 is 0 Å². The maximum Gasteiger partial charge on any atom is 0.126 e. The van der Waals surface area contributed by atoms with Crippen molar-refractivity contribution < 1.29 is 13.5 Å². The van der Waals surface area contributed by atoms with Crippen LogP contribution in [0.2, 0.25) is 0 Å². The molecule has 2 rings (SSSR count). The Bertz CT molecular complexity index is 436. The summed E-state index contributed by atoms with van der Waals surface area (Å²) in [5.74, 6) is -1.06. The summed E-state index contributed by atoms with van der Waals surface area (Å²) in [5.41, 5.74) is 0.663. The Labute approximate surface area is 125 Å². The molecule has 5 heteroatoms. The van der Waals surface area contributed by atoms with Crippen LogP contribution in [0.15, 0.2) is 18.2 Å². The van der Waals surface area contributed by atoms with E-state index < -0.39 is 11.6 Å². The number of likely N-dealkylation sites (N-methyl/N-ethyl adjacent to an activating group) is 2. The zero-order valence-electron chi connectivity index (χ0n) is 12.7. The summed E-state index contributed by atoms with van der Waals surface area (Å²) in [6, 6.07) is 3.76. The Balaban J connectivity index is 2.07. The van der Waals surface area contributed by atoms with Crippen molar-refractivity contribution in [2.45, 2.75) is 32.4 Å². The molecule has 1 N–H and O–H groups in total. The number of rotatable bonds is 6. The standard InChI is InChI=1S/C16H24F2N2O/c1-3-19-15(16-11-20(4-2)5-6-21-16)9-12-7-13(17)10-14(18)8-12/h7-8,10,15-16,19H,3-6,9,11H2,1-2H3. The van der Waals surface area contributed by atoms with Gasteiger partial charge in [0, 0.05) is 25.2 Å². The van der Waals surface area contributed by atoms with E-state index in [0.29, 0.717) is 18.6 Å². The van der Waals surface area contributed by atoms with Gasteiger partial charge in [0.05, 0.1) is 12.7 Å². The lowest BCUT2D eigenvalue weighted by Gasteiger charge is -2.37. The van der Waals surface area contributed by atoms with Crippen LogP contribution in [-0.4, -0.2) is 49.8 Å². The second-order valence-electron chi connectivity index (χ2n) is 5.45. The number of halogens is 2. The van der Waals surface area contributed by atoms with E-state index in [4.69, 9.17) is 4.74 Å². The zero-order valence-corrected chi connectivity index (χ0v) is 12.7. The second kappa shape index (κ2) is 7.82. The van der Waals surface area contributed by atoms with Crippen molar-refractivity contribution in [3.63, 3.8) is 0 Å². The molecule has 0 spiro atoms. The summed E-state index contributed by atoms with van der Waals surface area (Å²) in [4.78, 5) is 2.34. The van der Waals surface area contributed by atoms with E-state index >= 15 is 0 Å². The van der Waals surface area contributed by atoms with E-state index in [9.17, 15) is 8.78 Å². The van der Waals surface area contributed by atoms with E-state index in [1.54, 1.807) is 0 Å². The van der Waals surface area contributed by atoms with Crippen molar-refractivity contribution in [3.8, 4) is 0 Å². The van der Waals surface area contributed by atoms with Gasteiger partial charge in [0.15, 0.2) is 0 Å². The van der Waals surface area contributed by atoms with Gasteiger partial charge < -0.3 is 10.1 Å². The van der Waals surface area contributed by atoms with Crippen molar-refractivity contribution in [2.75, 3.05) is 32.8 Å². The van der Waals surface area contributed by atoms with Gasteiger partial charge in [0.25, 0.3) is 0 Å². The highest BCUT2D eigenvalue weighted by molar-refractivity contribution is 5.19. The van der Waals surface area contributed by atoms with Crippen molar-refractivity contribution in [3.05, 3.63) is 35.4 Å². The van der Waals surface area contributed by atoms with Crippen LogP contribution in [0, 0.1) is 11.6 Å². The minimum absolute atomic E-state index is 0.0463. The normalized spacial score (nSPS) is 21.4. The van der Waals surface area contributed by atoms with Crippen LogP contribution in [0.5, 0.6) is 0 Å². The highest BCUT2D eigenvalue weighted by Crippen LogP contribution is 2.15. The maximum atomic E-state index is 13.3. The van der Waals surface area contributed by atoms with Gasteiger partial charge in [-0.05, 0) is 37.2 Å². The average molecular weight is 298 g/mol. The lowest BCUT2D eigenvalue weighted by molar-refractivity contribution is -0.0445. The first kappa shape index (κ1) is 16.3. The molecule has 1 aromatic carbocycles. The Kier molecular flexibility index (Phi) is 6.08. The lowest BCUT2D eigenvalue weighted by atomic mass is 9.99. The molecular weight excluding hydrogens is 274 g/mol. The summed E-state index contributed by atoms with van der Waals surface area (Å²) < 4.78 is 32.5. The van der Waals surface area contributed by atoms with E-state index in [0.717, 1.165) is 32.2 Å². The summed E-state index contributed by atoms with van der Waals surface area (Å²) in [6.07, 6.45) is 0.607. The zero-order chi connectivity index (χ0) is 15.2. The fourth-order valence-corrected chi connectivity index (χ4v) is 2.84. The first-order chi connectivity index (χ1) is 10.1. The Morgan fingerprint density at radius 3 is 2.62 bits per heavy atom. The average Bonchev–Trinajstić information content (AvgIpc) is 2.46. The quantitative estimate of drug-likeness (QED) is 0.871. The Morgan fingerprint density at radius 1 is 1.29 bits per heavy atom. The number of hydrogen-bond donors (Lipinski definition) is 1. The van der Waals surface area contributed by atoms with Crippen LogP contribution in [0.25, 0.3) is 0 Å². The molecular formula is C16H24F2N2O. The number of benzene rings is 1. The van der Waals surface area contributed by atoms with Gasteiger partial charge in [-0.3, -0.25) is 4.90 Å². The number of nitrogens with zero attached hydrogens (tertiary/aromatic N) is 1. The first-order valence-electron chi connectivity index (χ1n) is 7.64. The molecule has 1 aromatic rings. The molecule has 3 nitrogen and oxygen atoms in total. The van der Waals surface area contributed by atoms with Crippen molar-refractivity contribution in [1.82, 2.24) is 10.2 Å². The van der Waals surface area contributed by atoms with Crippen molar-refractivity contribution in [1.29, 1.82) is 0 Å². The van der Waals surface area contributed by atoms with Crippen LogP contribution in [-0.2, 0) is 11.2 Å². The monoisotopic (exact) mass is 298 g/mol. The second-order valence-corrected chi connectivity index (χ2v) is 5.45. The molecule has 0 bridgehead atoms. The molecule has 0 aromatic heterocycles. The topological polar surface area (TPSA) is 24.5 Å². The molecule has 0 aliphatic carbocycles. The first-order valence-corrected chi connectivity index (χ1v) is 7.64. The van der Waals surface area contributed by atoms with E-state index in [1.165, 1.54) is 12.1 Å². The maximum absolute atomic E-state index is 13.3. The van der Waals surface area contributed by atoms with Crippen LogP contribution < -0.4 is 5.32 Å². The fraction of sp³-hybridized carbons (Fsp3) is 0.625. The molecule has 0 radical (unpaired) electrons. The molecule has 1 saturated heterocycles. The van der Waals surface area contributed by atoms with E-state index in [2.05, 4.69) is 17.1 Å². The van der Waals surface area contributed by atoms with Gasteiger partial charge >= 0.3 is 0 Å². The lowest BCUT2D eigenvalue weighted by Crippen LogP contribution is -2.53.